The van der Waals surface area contributed by atoms with E-state index in [1.165, 1.54) is 25.7 Å². The summed E-state index contributed by atoms with van der Waals surface area (Å²) in [6, 6.07) is 0. The molecular weight excluding hydrogens is 136 g/mol. The summed E-state index contributed by atoms with van der Waals surface area (Å²) in [7, 11) is 0. The van der Waals surface area contributed by atoms with Gasteiger partial charge in [-0.3, -0.25) is 0 Å². The summed E-state index contributed by atoms with van der Waals surface area (Å²) in [6.45, 7) is 6.76. The van der Waals surface area contributed by atoms with Crippen LogP contribution in [0.1, 0.15) is 32.6 Å². The first kappa shape index (κ1) is 8.63. The van der Waals surface area contributed by atoms with Crippen molar-refractivity contribution < 1.29 is 4.74 Å². The van der Waals surface area contributed by atoms with Gasteiger partial charge in [0.25, 0.3) is 0 Å². The smallest absolute Gasteiger partial charge is 0.0901 e. The molecule has 0 N–H and O–H groups in total. The zero-order chi connectivity index (χ0) is 8.10. The molecule has 64 valence electrons. The van der Waals surface area contributed by atoms with Crippen LogP contribution in [0.4, 0.5) is 0 Å². The van der Waals surface area contributed by atoms with E-state index < -0.39 is 0 Å². The Labute approximate surface area is 69.4 Å². The molecule has 1 saturated carbocycles. The zero-order valence-corrected chi connectivity index (χ0v) is 7.38. The zero-order valence-electron chi connectivity index (χ0n) is 7.38. The Hall–Kier alpha value is -0.460. The molecule has 1 heteroatoms. The SMILES string of the molecule is C=COCC1CCC(C)CC1. The molecule has 0 spiro atoms. The van der Waals surface area contributed by atoms with E-state index in [2.05, 4.69) is 13.5 Å². The first-order chi connectivity index (χ1) is 5.33. The third-order valence-electron chi connectivity index (χ3n) is 2.59. The van der Waals surface area contributed by atoms with Gasteiger partial charge in [-0.15, -0.1) is 0 Å². The molecule has 0 heterocycles. The first-order valence-electron chi connectivity index (χ1n) is 4.55. The quantitative estimate of drug-likeness (QED) is 0.568. The van der Waals surface area contributed by atoms with Crippen LogP contribution < -0.4 is 0 Å². The van der Waals surface area contributed by atoms with Crippen molar-refractivity contribution in [3.05, 3.63) is 12.8 Å². The summed E-state index contributed by atoms with van der Waals surface area (Å²) >= 11 is 0. The standard InChI is InChI=1S/C10H18O/c1-3-11-8-10-6-4-9(2)5-7-10/h3,9-10H,1,4-8H2,2H3. The largest absolute Gasteiger partial charge is 0.502 e. The van der Waals surface area contributed by atoms with Crippen molar-refractivity contribution >= 4 is 0 Å². The fraction of sp³-hybridized carbons (Fsp3) is 0.800. The van der Waals surface area contributed by atoms with Gasteiger partial charge in [0, 0.05) is 0 Å². The number of hydrogen-bond acceptors (Lipinski definition) is 1. The van der Waals surface area contributed by atoms with E-state index in [9.17, 15) is 0 Å². The molecule has 0 unspecified atom stereocenters. The van der Waals surface area contributed by atoms with Crippen molar-refractivity contribution in [1.82, 2.24) is 0 Å². The van der Waals surface area contributed by atoms with Crippen molar-refractivity contribution in [2.75, 3.05) is 6.61 Å². The van der Waals surface area contributed by atoms with Gasteiger partial charge in [0.15, 0.2) is 0 Å². The van der Waals surface area contributed by atoms with Crippen LogP contribution in [0.3, 0.4) is 0 Å². The molecule has 0 aliphatic heterocycles. The fourth-order valence-electron chi connectivity index (χ4n) is 1.70. The second-order valence-electron chi connectivity index (χ2n) is 3.63. The van der Waals surface area contributed by atoms with Gasteiger partial charge in [0.2, 0.25) is 0 Å². The topological polar surface area (TPSA) is 9.23 Å². The molecule has 0 amide bonds. The van der Waals surface area contributed by atoms with Crippen LogP contribution >= 0.6 is 0 Å². The van der Waals surface area contributed by atoms with Gasteiger partial charge in [-0.25, -0.2) is 0 Å². The Morgan fingerprint density at radius 2 is 2.00 bits per heavy atom. The molecule has 0 saturated heterocycles. The molecule has 0 aromatic carbocycles. The van der Waals surface area contributed by atoms with E-state index in [4.69, 9.17) is 4.74 Å². The summed E-state index contributed by atoms with van der Waals surface area (Å²) in [5.41, 5.74) is 0. The van der Waals surface area contributed by atoms with Gasteiger partial charge in [-0.1, -0.05) is 26.3 Å². The lowest BCUT2D eigenvalue weighted by Gasteiger charge is -2.25. The normalized spacial score (nSPS) is 31.4. The molecule has 1 aliphatic rings. The van der Waals surface area contributed by atoms with Crippen LogP contribution in [-0.2, 0) is 4.74 Å². The van der Waals surface area contributed by atoms with Gasteiger partial charge in [-0.2, -0.15) is 0 Å². The molecule has 0 aromatic heterocycles. The summed E-state index contributed by atoms with van der Waals surface area (Å²) in [5.74, 6) is 1.74. The van der Waals surface area contributed by atoms with Gasteiger partial charge < -0.3 is 4.74 Å². The van der Waals surface area contributed by atoms with E-state index >= 15 is 0 Å². The Kier molecular flexibility index (Phi) is 3.47. The van der Waals surface area contributed by atoms with Crippen LogP contribution in [0.25, 0.3) is 0 Å². The average molecular weight is 154 g/mol. The minimum absolute atomic E-state index is 0.796. The average Bonchev–Trinajstić information content (AvgIpc) is 2.04. The fourth-order valence-corrected chi connectivity index (χ4v) is 1.70. The molecule has 0 atom stereocenters. The van der Waals surface area contributed by atoms with Crippen molar-refractivity contribution in [2.24, 2.45) is 11.8 Å². The third kappa shape index (κ3) is 2.96. The molecule has 0 aromatic rings. The first-order valence-corrected chi connectivity index (χ1v) is 4.55. The molecule has 1 nitrogen and oxygen atoms in total. The highest BCUT2D eigenvalue weighted by Crippen LogP contribution is 2.28. The van der Waals surface area contributed by atoms with Crippen LogP contribution in [0.2, 0.25) is 0 Å². The highest BCUT2D eigenvalue weighted by atomic mass is 16.5. The predicted molar refractivity (Wildman–Crippen MR) is 47.3 cm³/mol. The highest BCUT2D eigenvalue weighted by Gasteiger charge is 2.17. The van der Waals surface area contributed by atoms with Crippen LogP contribution in [0, 0.1) is 11.8 Å². The van der Waals surface area contributed by atoms with Crippen molar-refractivity contribution in [1.29, 1.82) is 0 Å². The van der Waals surface area contributed by atoms with Gasteiger partial charge in [0.05, 0.1) is 12.9 Å². The second kappa shape index (κ2) is 4.42. The van der Waals surface area contributed by atoms with Crippen molar-refractivity contribution in [3.8, 4) is 0 Å². The summed E-state index contributed by atoms with van der Waals surface area (Å²) < 4.78 is 5.17. The number of hydrogen-bond donors (Lipinski definition) is 0. The summed E-state index contributed by atoms with van der Waals surface area (Å²) in [4.78, 5) is 0. The minimum Gasteiger partial charge on any atom is -0.502 e. The highest BCUT2D eigenvalue weighted by molar-refractivity contribution is 4.70. The molecule has 1 aliphatic carbocycles. The van der Waals surface area contributed by atoms with Gasteiger partial charge >= 0.3 is 0 Å². The van der Waals surface area contributed by atoms with Crippen molar-refractivity contribution in [3.63, 3.8) is 0 Å². The lowest BCUT2D eigenvalue weighted by atomic mass is 9.83. The van der Waals surface area contributed by atoms with Crippen LogP contribution in [0.5, 0.6) is 0 Å². The lowest BCUT2D eigenvalue weighted by Crippen LogP contribution is -2.16. The number of ether oxygens (including phenoxy) is 1. The second-order valence-corrected chi connectivity index (χ2v) is 3.63. The predicted octanol–water partition coefficient (Wildman–Crippen LogP) is 2.97. The Balaban J connectivity index is 2.12. The Morgan fingerprint density at radius 3 is 2.55 bits per heavy atom. The molecule has 11 heavy (non-hydrogen) atoms. The maximum absolute atomic E-state index is 5.17. The monoisotopic (exact) mass is 154 g/mol. The summed E-state index contributed by atoms with van der Waals surface area (Å²) in [5, 5.41) is 0. The third-order valence-corrected chi connectivity index (χ3v) is 2.59. The molecular formula is C10H18O. The Morgan fingerprint density at radius 1 is 1.36 bits per heavy atom. The summed E-state index contributed by atoms with van der Waals surface area (Å²) in [6.07, 6.45) is 7.00. The maximum atomic E-state index is 5.17. The van der Waals surface area contributed by atoms with Gasteiger partial charge in [0.1, 0.15) is 0 Å². The lowest BCUT2D eigenvalue weighted by molar-refractivity contribution is 0.152. The van der Waals surface area contributed by atoms with Gasteiger partial charge in [-0.05, 0) is 24.7 Å². The maximum Gasteiger partial charge on any atom is 0.0901 e. The Bertz CT molecular complexity index is 112. The van der Waals surface area contributed by atoms with E-state index in [-0.39, 0.29) is 0 Å². The molecule has 0 bridgehead atoms. The van der Waals surface area contributed by atoms with Crippen LogP contribution in [0.15, 0.2) is 12.8 Å². The minimum atomic E-state index is 0.796. The molecule has 1 fully saturated rings. The molecule has 0 radical (unpaired) electrons. The van der Waals surface area contributed by atoms with E-state index in [0.717, 1.165) is 18.4 Å². The van der Waals surface area contributed by atoms with Crippen molar-refractivity contribution in [2.45, 2.75) is 32.6 Å². The molecule has 1 rings (SSSR count). The van der Waals surface area contributed by atoms with Crippen LogP contribution in [-0.4, -0.2) is 6.61 Å². The van der Waals surface area contributed by atoms with E-state index in [0.29, 0.717) is 0 Å². The van der Waals surface area contributed by atoms with E-state index in [1.54, 1.807) is 6.26 Å². The number of rotatable bonds is 3. The van der Waals surface area contributed by atoms with E-state index in [1.807, 2.05) is 0 Å².